The van der Waals surface area contributed by atoms with Crippen molar-refractivity contribution in [2.75, 3.05) is 6.61 Å². The van der Waals surface area contributed by atoms with E-state index >= 15 is 0 Å². The first-order valence-corrected chi connectivity index (χ1v) is 5.40. The fourth-order valence-corrected chi connectivity index (χ4v) is 2.09. The van der Waals surface area contributed by atoms with Crippen molar-refractivity contribution in [3.63, 3.8) is 0 Å². The first-order valence-electron chi connectivity index (χ1n) is 5.40. The van der Waals surface area contributed by atoms with Crippen molar-refractivity contribution in [1.29, 1.82) is 0 Å². The molecule has 0 aromatic heterocycles. The molecule has 2 heteroatoms. The minimum absolute atomic E-state index is 0.00745. The Morgan fingerprint density at radius 1 is 1.47 bits per heavy atom. The van der Waals surface area contributed by atoms with E-state index in [0.29, 0.717) is 6.61 Å². The lowest BCUT2D eigenvalue weighted by Crippen LogP contribution is -2.14. The van der Waals surface area contributed by atoms with Crippen LogP contribution in [0, 0.1) is 5.92 Å². The predicted molar refractivity (Wildman–Crippen MR) is 58.5 cm³/mol. The Morgan fingerprint density at radius 2 is 2.13 bits per heavy atom. The molecule has 0 heterocycles. The Balaban J connectivity index is 2.10. The molecule has 0 radical (unpaired) electrons. The van der Waals surface area contributed by atoms with Crippen LogP contribution in [0.4, 0.5) is 0 Å². The van der Waals surface area contributed by atoms with Crippen molar-refractivity contribution in [2.45, 2.75) is 25.7 Å². The Labute approximate surface area is 90.3 Å². The van der Waals surface area contributed by atoms with Gasteiger partial charge in [-0.15, -0.1) is 0 Å². The summed E-state index contributed by atoms with van der Waals surface area (Å²) >= 11 is 0. The number of rotatable bonds is 3. The lowest BCUT2D eigenvalue weighted by Gasteiger charge is -2.10. The lowest BCUT2D eigenvalue weighted by molar-refractivity contribution is -0.145. The van der Waals surface area contributed by atoms with E-state index in [1.807, 2.05) is 25.1 Å². The zero-order valence-corrected chi connectivity index (χ0v) is 9.19. The Bertz CT molecular complexity index is 358. The minimum atomic E-state index is -0.0520. The van der Waals surface area contributed by atoms with E-state index in [2.05, 4.69) is 19.1 Å². The smallest absolute Gasteiger partial charge is 0.309 e. The topological polar surface area (TPSA) is 26.3 Å². The van der Waals surface area contributed by atoms with E-state index in [0.717, 1.165) is 6.42 Å². The van der Waals surface area contributed by atoms with Crippen LogP contribution in [0.3, 0.4) is 0 Å². The van der Waals surface area contributed by atoms with E-state index in [9.17, 15) is 4.79 Å². The molecule has 0 amide bonds. The third-order valence-electron chi connectivity index (χ3n) is 3.24. The third-order valence-corrected chi connectivity index (χ3v) is 3.24. The van der Waals surface area contributed by atoms with Gasteiger partial charge in [0.15, 0.2) is 0 Å². The average molecular weight is 204 g/mol. The maximum absolute atomic E-state index is 11.6. The summed E-state index contributed by atoms with van der Waals surface area (Å²) in [6.07, 6.45) is 0.913. The lowest BCUT2D eigenvalue weighted by atomic mass is 9.96. The fourth-order valence-electron chi connectivity index (χ4n) is 2.09. The Hall–Kier alpha value is -1.31. The number of carbonyl (C=O) groups is 1. The largest absolute Gasteiger partial charge is 0.466 e. The van der Waals surface area contributed by atoms with Crippen molar-refractivity contribution in [3.05, 3.63) is 35.9 Å². The molecule has 2 unspecified atom stereocenters. The molecule has 1 fully saturated rings. The summed E-state index contributed by atoms with van der Waals surface area (Å²) in [5.41, 5.74) is 1.25. The van der Waals surface area contributed by atoms with Gasteiger partial charge in [0.2, 0.25) is 0 Å². The van der Waals surface area contributed by atoms with Crippen molar-refractivity contribution in [2.24, 2.45) is 5.92 Å². The van der Waals surface area contributed by atoms with Crippen LogP contribution in [0.1, 0.15) is 25.8 Å². The average Bonchev–Trinajstić information content (AvgIpc) is 2.94. The van der Waals surface area contributed by atoms with E-state index < -0.39 is 0 Å². The third kappa shape index (κ3) is 1.76. The van der Waals surface area contributed by atoms with Gasteiger partial charge in [-0.25, -0.2) is 0 Å². The summed E-state index contributed by atoms with van der Waals surface area (Å²) in [5, 5.41) is 0. The van der Waals surface area contributed by atoms with Crippen LogP contribution in [-0.2, 0) is 14.9 Å². The highest BCUT2D eigenvalue weighted by Gasteiger charge is 2.56. The predicted octanol–water partition coefficient (Wildman–Crippen LogP) is 2.53. The first-order chi connectivity index (χ1) is 7.18. The SMILES string of the molecule is CCOC(=O)C1CC1(C)c1ccccc1. The number of hydrogen-bond acceptors (Lipinski definition) is 2. The van der Waals surface area contributed by atoms with Crippen LogP contribution in [0.2, 0.25) is 0 Å². The maximum Gasteiger partial charge on any atom is 0.309 e. The summed E-state index contributed by atoms with van der Waals surface area (Å²) in [6, 6.07) is 10.2. The number of hydrogen-bond donors (Lipinski definition) is 0. The van der Waals surface area contributed by atoms with Crippen LogP contribution in [0.5, 0.6) is 0 Å². The van der Waals surface area contributed by atoms with Crippen molar-refractivity contribution < 1.29 is 9.53 Å². The number of benzene rings is 1. The standard InChI is InChI=1S/C13H16O2/c1-3-15-12(14)11-9-13(11,2)10-7-5-4-6-8-10/h4-8,11H,3,9H2,1-2H3. The number of esters is 1. The van der Waals surface area contributed by atoms with Crippen LogP contribution >= 0.6 is 0 Å². The summed E-state index contributed by atoms with van der Waals surface area (Å²) in [6.45, 7) is 4.45. The molecular weight excluding hydrogens is 188 g/mol. The number of ether oxygens (including phenoxy) is 1. The summed E-state index contributed by atoms with van der Waals surface area (Å²) in [7, 11) is 0. The van der Waals surface area contributed by atoms with Gasteiger partial charge in [-0.3, -0.25) is 4.79 Å². The van der Waals surface area contributed by atoms with Gasteiger partial charge in [-0.2, -0.15) is 0 Å². The molecular formula is C13H16O2. The maximum atomic E-state index is 11.6. The van der Waals surface area contributed by atoms with Gasteiger partial charge in [0, 0.05) is 5.41 Å². The van der Waals surface area contributed by atoms with Gasteiger partial charge in [0.05, 0.1) is 12.5 Å². The molecule has 0 spiro atoms. The highest BCUT2D eigenvalue weighted by Crippen LogP contribution is 2.54. The number of carbonyl (C=O) groups excluding carboxylic acids is 1. The van der Waals surface area contributed by atoms with Crippen molar-refractivity contribution >= 4 is 5.97 Å². The quantitative estimate of drug-likeness (QED) is 0.707. The van der Waals surface area contributed by atoms with Gasteiger partial charge in [0.1, 0.15) is 0 Å². The molecule has 0 saturated heterocycles. The molecule has 2 rings (SSSR count). The molecule has 80 valence electrons. The molecule has 15 heavy (non-hydrogen) atoms. The summed E-state index contributed by atoms with van der Waals surface area (Å²) in [5.74, 6) is 0.00343. The highest BCUT2D eigenvalue weighted by atomic mass is 16.5. The molecule has 0 N–H and O–H groups in total. The zero-order chi connectivity index (χ0) is 10.9. The second kappa shape index (κ2) is 3.69. The second-order valence-electron chi connectivity index (χ2n) is 4.29. The van der Waals surface area contributed by atoms with Gasteiger partial charge in [-0.1, -0.05) is 37.3 Å². The van der Waals surface area contributed by atoms with Crippen molar-refractivity contribution in [1.82, 2.24) is 0 Å². The first kappa shape index (κ1) is 10.2. The molecule has 1 saturated carbocycles. The molecule has 0 aliphatic heterocycles. The molecule has 2 atom stereocenters. The monoisotopic (exact) mass is 204 g/mol. The van der Waals surface area contributed by atoms with Crippen LogP contribution in [0.25, 0.3) is 0 Å². The van der Waals surface area contributed by atoms with E-state index in [-0.39, 0.29) is 17.3 Å². The van der Waals surface area contributed by atoms with Crippen LogP contribution < -0.4 is 0 Å². The Kier molecular flexibility index (Phi) is 2.51. The van der Waals surface area contributed by atoms with Gasteiger partial charge in [-0.05, 0) is 18.9 Å². The zero-order valence-electron chi connectivity index (χ0n) is 9.19. The van der Waals surface area contributed by atoms with Crippen LogP contribution in [0.15, 0.2) is 30.3 Å². The molecule has 1 aliphatic rings. The van der Waals surface area contributed by atoms with E-state index in [1.54, 1.807) is 0 Å². The minimum Gasteiger partial charge on any atom is -0.466 e. The normalized spacial score (nSPS) is 28.5. The highest BCUT2D eigenvalue weighted by molar-refractivity contribution is 5.79. The Morgan fingerprint density at radius 3 is 2.73 bits per heavy atom. The van der Waals surface area contributed by atoms with Gasteiger partial charge < -0.3 is 4.74 Å². The van der Waals surface area contributed by atoms with Crippen molar-refractivity contribution in [3.8, 4) is 0 Å². The van der Waals surface area contributed by atoms with Gasteiger partial charge >= 0.3 is 5.97 Å². The molecule has 2 nitrogen and oxygen atoms in total. The van der Waals surface area contributed by atoms with E-state index in [1.165, 1.54) is 5.56 Å². The fraction of sp³-hybridized carbons (Fsp3) is 0.462. The molecule has 1 aromatic carbocycles. The van der Waals surface area contributed by atoms with E-state index in [4.69, 9.17) is 4.74 Å². The van der Waals surface area contributed by atoms with Gasteiger partial charge in [0.25, 0.3) is 0 Å². The van der Waals surface area contributed by atoms with Crippen LogP contribution in [-0.4, -0.2) is 12.6 Å². The molecule has 1 aliphatic carbocycles. The summed E-state index contributed by atoms with van der Waals surface area (Å²) < 4.78 is 5.04. The molecule has 0 bridgehead atoms. The molecule has 1 aromatic rings. The second-order valence-corrected chi connectivity index (χ2v) is 4.29. The summed E-state index contributed by atoms with van der Waals surface area (Å²) in [4.78, 5) is 11.6.